The predicted molar refractivity (Wildman–Crippen MR) is 96.3 cm³/mol. The highest BCUT2D eigenvalue weighted by Crippen LogP contribution is 2.19. The van der Waals surface area contributed by atoms with Gasteiger partial charge in [0.1, 0.15) is 5.75 Å². The summed E-state index contributed by atoms with van der Waals surface area (Å²) in [6, 6.07) is 17.8. The van der Waals surface area contributed by atoms with E-state index in [4.69, 9.17) is 4.74 Å². The first-order chi connectivity index (χ1) is 11.2. The van der Waals surface area contributed by atoms with Crippen LogP contribution in [0, 0.1) is 0 Å². The van der Waals surface area contributed by atoms with Crippen LogP contribution < -0.4 is 10.1 Å². The molecular formula is C19H23NO2S. The van der Waals surface area contributed by atoms with Gasteiger partial charge in [0.05, 0.1) is 7.11 Å². The van der Waals surface area contributed by atoms with Crippen molar-refractivity contribution < 1.29 is 9.53 Å². The standard InChI is InChI=1S/C19H23NO2S/c1-3-16(12-13-23-18-10-5-4-6-11-18)20-19(21)15-8-7-9-17(14-15)22-2/h4-11,14,16H,3,12-13H2,1-2H3,(H,20,21)/t16-/m0/s1. The summed E-state index contributed by atoms with van der Waals surface area (Å²) in [4.78, 5) is 13.6. The molecule has 3 nitrogen and oxygen atoms in total. The number of ether oxygens (including phenoxy) is 1. The summed E-state index contributed by atoms with van der Waals surface area (Å²) in [5.41, 5.74) is 0.638. The molecule has 0 spiro atoms. The molecule has 0 aliphatic carbocycles. The highest BCUT2D eigenvalue weighted by molar-refractivity contribution is 7.99. The molecule has 23 heavy (non-hydrogen) atoms. The average molecular weight is 329 g/mol. The summed E-state index contributed by atoms with van der Waals surface area (Å²) in [5.74, 6) is 1.65. The van der Waals surface area contributed by atoms with Crippen LogP contribution in [0.1, 0.15) is 30.1 Å². The molecule has 2 aromatic rings. The second kappa shape index (κ2) is 9.26. The van der Waals surface area contributed by atoms with Gasteiger partial charge in [0.2, 0.25) is 0 Å². The summed E-state index contributed by atoms with van der Waals surface area (Å²) in [7, 11) is 1.60. The average Bonchev–Trinajstić information content (AvgIpc) is 2.61. The SMILES string of the molecule is CC[C@@H](CCSc1ccccc1)NC(=O)c1cccc(OC)c1. The lowest BCUT2D eigenvalue weighted by Crippen LogP contribution is -2.34. The second-order valence-corrected chi connectivity index (χ2v) is 6.43. The van der Waals surface area contributed by atoms with Crippen molar-refractivity contribution in [2.24, 2.45) is 0 Å². The highest BCUT2D eigenvalue weighted by atomic mass is 32.2. The van der Waals surface area contributed by atoms with Gasteiger partial charge >= 0.3 is 0 Å². The van der Waals surface area contributed by atoms with Gasteiger partial charge in [-0.1, -0.05) is 31.2 Å². The van der Waals surface area contributed by atoms with E-state index in [2.05, 4.69) is 24.4 Å². The third-order valence-corrected chi connectivity index (χ3v) is 4.68. The number of carbonyl (C=O) groups excluding carboxylic acids is 1. The normalized spacial score (nSPS) is 11.7. The van der Waals surface area contributed by atoms with E-state index in [1.165, 1.54) is 4.90 Å². The number of thioether (sulfide) groups is 1. The van der Waals surface area contributed by atoms with Crippen LogP contribution >= 0.6 is 11.8 Å². The molecule has 0 saturated heterocycles. The van der Waals surface area contributed by atoms with E-state index in [1.807, 2.05) is 48.2 Å². The Labute approximate surface area is 142 Å². The quantitative estimate of drug-likeness (QED) is 0.730. The van der Waals surface area contributed by atoms with E-state index < -0.39 is 0 Å². The first kappa shape index (κ1) is 17.4. The molecule has 0 heterocycles. The lowest BCUT2D eigenvalue weighted by Gasteiger charge is -2.17. The molecule has 4 heteroatoms. The molecular weight excluding hydrogens is 306 g/mol. The molecule has 2 aromatic carbocycles. The molecule has 0 aliphatic rings. The molecule has 0 aromatic heterocycles. The number of benzene rings is 2. The number of methoxy groups -OCH3 is 1. The van der Waals surface area contributed by atoms with Crippen molar-refractivity contribution in [1.29, 1.82) is 0 Å². The van der Waals surface area contributed by atoms with E-state index in [0.717, 1.165) is 18.6 Å². The lowest BCUT2D eigenvalue weighted by molar-refractivity contribution is 0.0935. The third kappa shape index (κ3) is 5.64. The molecule has 2 rings (SSSR count). The van der Waals surface area contributed by atoms with Crippen molar-refractivity contribution in [3.8, 4) is 5.75 Å². The Balaban J connectivity index is 1.84. The van der Waals surface area contributed by atoms with Crippen LogP contribution in [-0.4, -0.2) is 24.8 Å². The number of carbonyl (C=O) groups is 1. The van der Waals surface area contributed by atoms with Crippen molar-refractivity contribution in [2.75, 3.05) is 12.9 Å². The maximum atomic E-state index is 12.3. The van der Waals surface area contributed by atoms with Gasteiger partial charge in [-0.25, -0.2) is 0 Å². The molecule has 0 radical (unpaired) electrons. The van der Waals surface area contributed by atoms with Crippen molar-refractivity contribution in [3.05, 3.63) is 60.2 Å². The summed E-state index contributed by atoms with van der Waals surface area (Å²) in [6.45, 7) is 2.10. The van der Waals surface area contributed by atoms with Crippen LogP contribution in [0.2, 0.25) is 0 Å². The van der Waals surface area contributed by atoms with Gasteiger partial charge in [0, 0.05) is 16.5 Å². The Bertz CT molecular complexity index is 616. The number of amides is 1. The largest absolute Gasteiger partial charge is 0.497 e. The Morgan fingerprint density at radius 3 is 2.65 bits per heavy atom. The van der Waals surface area contributed by atoms with Crippen LogP contribution in [0.15, 0.2) is 59.5 Å². The van der Waals surface area contributed by atoms with E-state index in [9.17, 15) is 4.79 Å². The molecule has 0 bridgehead atoms. The summed E-state index contributed by atoms with van der Waals surface area (Å²) >= 11 is 1.82. The lowest BCUT2D eigenvalue weighted by atomic mass is 10.1. The van der Waals surface area contributed by atoms with Crippen molar-refractivity contribution in [1.82, 2.24) is 5.32 Å². The Morgan fingerprint density at radius 1 is 1.17 bits per heavy atom. The molecule has 1 N–H and O–H groups in total. The maximum Gasteiger partial charge on any atom is 0.251 e. The molecule has 0 fully saturated rings. The van der Waals surface area contributed by atoms with E-state index in [0.29, 0.717) is 11.3 Å². The number of nitrogens with one attached hydrogen (secondary N) is 1. The van der Waals surface area contributed by atoms with Crippen LogP contribution in [0.5, 0.6) is 5.75 Å². The van der Waals surface area contributed by atoms with Gasteiger partial charge < -0.3 is 10.1 Å². The minimum Gasteiger partial charge on any atom is -0.497 e. The molecule has 1 amide bonds. The fraction of sp³-hybridized carbons (Fsp3) is 0.316. The van der Waals surface area contributed by atoms with E-state index in [1.54, 1.807) is 13.2 Å². The summed E-state index contributed by atoms with van der Waals surface area (Å²) in [5, 5.41) is 3.11. The van der Waals surface area contributed by atoms with Crippen LogP contribution in [0.4, 0.5) is 0 Å². The van der Waals surface area contributed by atoms with Gasteiger partial charge in [0.25, 0.3) is 5.91 Å². The molecule has 122 valence electrons. The Morgan fingerprint density at radius 2 is 1.96 bits per heavy atom. The fourth-order valence-electron chi connectivity index (χ4n) is 2.25. The van der Waals surface area contributed by atoms with Crippen molar-refractivity contribution >= 4 is 17.7 Å². The second-order valence-electron chi connectivity index (χ2n) is 5.26. The van der Waals surface area contributed by atoms with E-state index >= 15 is 0 Å². The third-order valence-electron chi connectivity index (χ3n) is 3.64. The predicted octanol–water partition coefficient (Wildman–Crippen LogP) is 4.39. The number of rotatable bonds is 8. The van der Waals surface area contributed by atoms with Crippen molar-refractivity contribution in [2.45, 2.75) is 30.7 Å². The highest BCUT2D eigenvalue weighted by Gasteiger charge is 2.12. The molecule has 0 unspecified atom stereocenters. The molecule has 0 aliphatic heterocycles. The van der Waals surface area contributed by atoms with Crippen molar-refractivity contribution in [3.63, 3.8) is 0 Å². The Kier molecular flexibility index (Phi) is 7.01. The zero-order valence-corrected chi connectivity index (χ0v) is 14.4. The zero-order chi connectivity index (χ0) is 16.5. The van der Waals surface area contributed by atoms with Crippen LogP contribution in [0.25, 0.3) is 0 Å². The number of hydrogen-bond acceptors (Lipinski definition) is 3. The van der Waals surface area contributed by atoms with Gasteiger partial charge in [-0.15, -0.1) is 11.8 Å². The fourth-order valence-corrected chi connectivity index (χ4v) is 3.23. The minimum atomic E-state index is -0.0412. The van der Waals surface area contributed by atoms with Gasteiger partial charge in [0.15, 0.2) is 0 Å². The summed E-state index contributed by atoms with van der Waals surface area (Å²) in [6.07, 6.45) is 1.87. The number of hydrogen-bond donors (Lipinski definition) is 1. The van der Waals surface area contributed by atoms with E-state index in [-0.39, 0.29) is 11.9 Å². The minimum absolute atomic E-state index is 0.0412. The molecule has 1 atom stereocenters. The van der Waals surface area contributed by atoms with Crippen LogP contribution in [-0.2, 0) is 0 Å². The first-order valence-electron chi connectivity index (χ1n) is 7.85. The maximum absolute atomic E-state index is 12.3. The van der Waals surface area contributed by atoms with Gasteiger partial charge in [-0.3, -0.25) is 4.79 Å². The van der Waals surface area contributed by atoms with Gasteiger partial charge in [-0.2, -0.15) is 0 Å². The smallest absolute Gasteiger partial charge is 0.251 e. The molecule has 0 saturated carbocycles. The monoisotopic (exact) mass is 329 g/mol. The Hall–Kier alpha value is -1.94. The topological polar surface area (TPSA) is 38.3 Å². The van der Waals surface area contributed by atoms with Crippen LogP contribution in [0.3, 0.4) is 0 Å². The first-order valence-corrected chi connectivity index (χ1v) is 8.84. The summed E-state index contributed by atoms with van der Waals surface area (Å²) < 4.78 is 5.17. The zero-order valence-electron chi connectivity index (χ0n) is 13.6. The van der Waals surface area contributed by atoms with Gasteiger partial charge in [-0.05, 0) is 48.9 Å².